The molecule has 0 saturated carbocycles. The van der Waals surface area contributed by atoms with E-state index in [0.717, 1.165) is 11.4 Å². The number of nitrogens with one attached hydrogen (secondary N) is 1. The van der Waals surface area contributed by atoms with Gasteiger partial charge in [-0.2, -0.15) is 0 Å². The van der Waals surface area contributed by atoms with Gasteiger partial charge in [-0.25, -0.2) is 0 Å². The molecule has 1 aliphatic heterocycles. The Bertz CT molecular complexity index is 714. The molecule has 2 aromatic carbocycles. The summed E-state index contributed by atoms with van der Waals surface area (Å²) in [4.78, 5) is 15.8. The van der Waals surface area contributed by atoms with Crippen LogP contribution in [0, 0.1) is 0 Å². The summed E-state index contributed by atoms with van der Waals surface area (Å²) in [5.41, 5.74) is 2.53. The summed E-state index contributed by atoms with van der Waals surface area (Å²) < 4.78 is 0. The third-order valence-electron chi connectivity index (χ3n) is 4.62. The van der Waals surface area contributed by atoms with E-state index in [1.165, 1.54) is 55.2 Å². The van der Waals surface area contributed by atoms with E-state index in [1.807, 2.05) is 30.3 Å². The first-order chi connectivity index (χ1) is 12.7. The van der Waals surface area contributed by atoms with Gasteiger partial charge in [0.15, 0.2) is 0 Å². The van der Waals surface area contributed by atoms with Gasteiger partial charge in [-0.1, -0.05) is 42.3 Å². The van der Waals surface area contributed by atoms with Crippen molar-refractivity contribution in [3.8, 4) is 0 Å². The Morgan fingerprint density at radius 1 is 1.00 bits per heavy atom. The SMILES string of the molecule is O=C(CSc1ccc(Cl)cc1)NCc1ccccc1CN1CCCCC1. The van der Waals surface area contributed by atoms with E-state index in [1.54, 1.807) is 0 Å². The van der Waals surface area contributed by atoms with Crippen molar-refractivity contribution < 1.29 is 4.79 Å². The lowest BCUT2D eigenvalue weighted by Gasteiger charge is -2.27. The van der Waals surface area contributed by atoms with Gasteiger partial charge in [-0.05, 0) is 61.3 Å². The number of carbonyl (C=O) groups is 1. The van der Waals surface area contributed by atoms with Crippen molar-refractivity contribution in [3.05, 3.63) is 64.7 Å². The van der Waals surface area contributed by atoms with Gasteiger partial charge in [0.05, 0.1) is 5.75 Å². The molecule has 0 spiro atoms. The summed E-state index contributed by atoms with van der Waals surface area (Å²) in [6.07, 6.45) is 3.93. The maximum Gasteiger partial charge on any atom is 0.230 e. The Morgan fingerprint density at radius 3 is 2.42 bits per heavy atom. The van der Waals surface area contributed by atoms with Crippen LogP contribution in [0.2, 0.25) is 5.02 Å². The highest BCUT2D eigenvalue weighted by molar-refractivity contribution is 8.00. The maximum absolute atomic E-state index is 12.2. The number of hydrogen-bond acceptors (Lipinski definition) is 3. The van der Waals surface area contributed by atoms with E-state index in [-0.39, 0.29) is 5.91 Å². The van der Waals surface area contributed by atoms with Crippen LogP contribution < -0.4 is 5.32 Å². The smallest absolute Gasteiger partial charge is 0.230 e. The third-order valence-corrected chi connectivity index (χ3v) is 5.88. The zero-order chi connectivity index (χ0) is 18.2. The number of nitrogens with zero attached hydrogens (tertiary/aromatic N) is 1. The fourth-order valence-corrected chi connectivity index (χ4v) is 4.02. The summed E-state index contributed by atoms with van der Waals surface area (Å²) in [6, 6.07) is 16.0. The van der Waals surface area contributed by atoms with Crippen LogP contribution in [0.3, 0.4) is 0 Å². The quantitative estimate of drug-likeness (QED) is 0.695. The van der Waals surface area contributed by atoms with E-state index >= 15 is 0 Å². The molecule has 1 N–H and O–H groups in total. The minimum atomic E-state index is 0.0534. The van der Waals surface area contributed by atoms with Crippen LogP contribution in [0.5, 0.6) is 0 Å². The van der Waals surface area contributed by atoms with Gasteiger partial charge in [-0.3, -0.25) is 9.69 Å². The number of halogens is 1. The van der Waals surface area contributed by atoms with Crippen molar-refractivity contribution in [2.75, 3.05) is 18.8 Å². The van der Waals surface area contributed by atoms with Gasteiger partial charge >= 0.3 is 0 Å². The van der Waals surface area contributed by atoms with Crippen molar-refractivity contribution in [3.63, 3.8) is 0 Å². The van der Waals surface area contributed by atoms with E-state index in [0.29, 0.717) is 17.3 Å². The molecule has 2 aromatic rings. The second-order valence-electron chi connectivity index (χ2n) is 6.62. The summed E-state index contributed by atoms with van der Waals surface area (Å²) in [6.45, 7) is 3.92. The maximum atomic E-state index is 12.2. The standard InChI is InChI=1S/C21H25ClN2OS/c22-19-8-10-20(11-9-19)26-16-21(25)23-14-17-6-2-3-7-18(17)15-24-12-4-1-5-13-24/h2-3,6-11H,1,4-5,12-16H2,(H,23,25). The lowest BCUT2D eigenvalue weighted by Crippen LogP contribution is -2.30. The van der Waals surface area contributed by atoms with Gasteiger partial charge in [-0.15, -0.1) is 11.8 Å². The molecular formula is C21H25ClN2OS. The third kappa shape index (κ3) is 6.04. The lowest BCUT2D eigenvalue weighted by atomic mass is 10.0. The molecular weight excluding hydrogens is 364 g/mol. The molecule has 0 aliphatic carbocycles. The largest absolute Gasteiger partial charge is 0.351 e. The number of rotatable bonds is 7. The first-order valence-electron chi connectivity index (χ1n) is 9.15. The van der Waals surface area contributed by atoms with Crippen molar-refractivity contribution in [2.45, 2.75) is 37.2 Å². The second-order valence-corrected chi connectivity index (χ2v) is 8.11. The molecule has 1 fully saturated rings. The fraction of sp³-hybridized carbons (Fsp3) is 0.381. The van der Waals surface area contributed by atoms with E-state index in [2.05, 4.69) is 28.4 Å². The zero-order valence-corrected chi connectivity index (χ0v) is 16.5. The predicted octanol–water partition coefficient (Wildman–Crippen LogP) is 4.73. The minimum Gasteiger partial charge on any atom is -0.351 e. The molecule has 1 aliphatic rings. The highest BCUT2D eigenvalue weighted by Gasteiger charge is 2.12. The monoisotopic (exact) mass is 388 g/mol. The van der Waals surface area contributed by atoms with Crippen molar-refractivity contribution in [1.29, 1.82) is 0 Å². The van der Waals surface area contributed by atoms with Crippen LogP contribution in [0.15, 0.2) is 53.4 Å². The number of amides is 1. The Labute approximate surface area is 165 Å². The van der Waals surface area contributed by atoms with Crippen LogP contribution in [-0.4, -0.2) is 29.6 Å². The molecule has 0 aromatic heterocycles. The Morgan fingerprint density at radius 2 is 1.69 bits per heavy atom. The van der Waals surface area contributed by atoms with Crippen LogP contribution in [0.1, 0.15) is 30.4 Å². The molecule has 1 amide bonds. The average Bonchev–Trinajstić information content (AvgIpc) is 2.68. The normalized spacial score (nSPS) is 15.0. The van der Waals surface area contributed by atoms with Crippen molar-refractivity contribution >= 4 is 29.3 Å². The number of piperidine rings is 1. The van der Waals surface area contributed by atoms with Crippen LogP contribution in [-0.2, 0) is 17.9 Å². The van der Waals surface area contributed by atoms with E-state index in [9.17, 15) is 4.79 Å². The molecule has 0 radical (unpaired) electrons. The number of benzene rings is 2. The summed E-state index contributed by atoms with van der Waals surface area (Å²) in [7, 11) is 0. The first-order valence-corrected chi connectivity index (χ1v) is 10.5. The molecule has 3 rings (SSSR count). The van der Waals surface area contributed by atoms with E-state index in [4.69, 9.17) is 11.6 Å². The molecule has 3 nitrogen and oxygen atoms in total. The topological polar surface area (TPSA) is 32.3 Å². The molecule has 5 heteroatoms. The highest BCUT2D eigenvalue weighted by atomic mass is 35.5. The molecule has 1 heterocycles. The summed E-state index contributed by atoms with van der Waals surface area (Å²) >= 11 is 7.41. The van der Waals surface area contributed by atoms with Gasteiger partial charge < -0.3 is 5.32 Å². The van der Waals surface area contributed by atoms with E-state index < -0.39 is 0 Å². The fourth-order valence-electron chi connectivity index (χ4n) is 3.17. The van der Waals surface area contributed by atoms with Crippen LogP contribution in [0.25, 0.3) is 0 Å². The molecule has 26 heavy (non-hydrogen) atoms. The van der Waals surface area contributed by atoms with Gasteiger partial charge in [0.25, 0.3) is 0 Å². The Kier molecular flexibility index (Phi) is 7.42. The number of thioether (sulfide) groups is 1. The van der Waals surface area contributed by atoms with Crippen molar-refractivity contribution in [1.82, 2.24) is 10.2 Å². The molecule has 0 unspecified atom stereocenters. The predicted molar refractivity (Wildman–Crippen MR) is 110 cm³/mol. The lowest BCUT2D eigenvalue weighted by molar-refractivity contribution is -0.118. The first kappa shape index (κ1) is 19.3. The minimum absolute atomic E-state index is 0.0534. The summed E-state index contributed by atoms with van der Waals surface area (Å²) in [5, 5.41) is 3.77. The van der Waals surface area contributed by atoms with Crippen LogP contribution >= 0.6 is 23.4 Å². The number of carbonyl (C=O) groups excluding carboxylic acids is 1. The number of likely N-dealkylation sites (tertiary alicyclic amines) is 1. The number of hydrogen-bond donors (Lipinski definition) is 1. The Balaban J connectivity index is 1.49. The Hall–Kier alpha value is -1.49. The van der Waals surface area contributed by atoms with Gasteiger partial charge in [0.2, 0.25) is 5.91 Å². The molecule has 138 valence electrons. The molecule has 0 atom stereocenters. The van der Waals surface area contributed by atoms with Crippen molar-refractivity contribution in [2.24, 2.45) is 0 Å². The van der Waals surface area contributed by atoms with Gasteiger partial charge in [0.1, 0.15) is 0 Å². The average molecular weight is 389 g/mol. The van der Waals surface area contributed by atoms with Crippen LogP contribution in [0.4, 0.5) is 0 Å². The molecule has 1 saturated heterocycles. The second kappa shape index (κ2) is 10.0. The highest BCUT2D eigenvalue weighted by Crippen LogP contribution is 2.20. The van der Waals surface area contributed by atoms with Gasteiger partial charge in [0, 0.05) is 23.0 Å². The summed E-state index contributed by atoms with van der Waals surface area (Å²) in [5.74, 6) is 0.466. The molecule has 0 bridgehead atoms. The zero-order valence-electron chi connectivity index (χ0n) is 14.9.